The van der Waals surface area contributed by atoms with Crippen molar-refractivity contribution in [2.45, 2.75) is 83.2 Å². The summed E-state index contributed by atoms with van der Waals surface area (Å²) in [6.07, 6.45) is 2.26. The SMILES string of the molecule is CC[C@]1(CO[Si](C)(C)C(C)(C)C)C[C@@](CC)(CO)OO1. The minimum absolute atomic E-state index is 0.00859. The lowest BCUT2D eigenvalue weighted by Crippen LogP contribution is -2.46. The van der Waals surface area contributed by atoms with Crippen molar-refractivity contribution in [3.8, 4) is 0 Å². The van der Waals surface area contributed by atoms with Gasteiger partial charge in [-0.1, -0.05) is 34.6 Å². The van der Waals surface area contributed by atoms with Crippen molar-refractivity contribution in [3.63, 3.8) is 0 Å². The van der Waals surface area contributed by atoms with Gasteiger partial charge < -0.3 is 9.53 Å². The standard InChI is InChI=1S/C15H32O4Si/c1-8-14(11-16)10-15(9-2,19-18-14)12-17-20(6,7)13(3,4)5/h16H,8-12H2,1-7H3/t14-,15+/m0/s1. The van der Waals surface area contributed by atoms with E-state index in [-0.39, 0.29) is 11.6 Å². The summed E-state index contributed by atoms with van der Waals surface area (Å²) in [4.78, 5) is 11.1. The largest absolute Gasteiger partial charge is 0.414 e. The van der Waals surface area contributed by atoms with E-state index in [1.54, 1.807) is 0 Å². The van der Waals surface area contributed by atoms with Gasteiger partial charge in [0.25, 0.3) is 0 Å². The zero-order valence-corrected chi connectivity index (χ0v) is 15.2. The van der Waals surface area contributed by atoms with Crippen LogP contribution >= 0.6 is 0 Å². The van der Waals surface area contributed by atoms with Gasteiger partial charge >= 0.3 is 0 Å². The monoisotopic (exact) mass is 304 g/mol. The third kappa shape index (κ3) is 3.63. The van der Waals surface area contributed by atoms with Crippen molar-refractivity contribution in [1.82, 2.24) is 0 Å². The molecule has 20 heavy (non-hydrogen) atoms. The Bertz CT molecular complexity index is 320. The number of rotatable bonds is 6. The highest BCUT2D eigenvalue weighted by atomic mass is 28.4. The maximum Gasteiger partial charge on any atom is 0.192 e. The van der Waals surface area contributed by atoms with Gasteiger partial charge in [0.2, 0.25) is 0 Å². The van der Waals surface area contributed by atoms with Crippen LogP contribution in [0.15, 0.2) is 0 Å². The van der Waals surface area contributed by atoms with Crippen LogP contribution in [0, 0.1) is 0 Å². The summed E-state index contributed by atoms with van der Waals surface area (Å²) in [5.74, 6) is 0. The van der Waals surface area contributed by atoms with Gasteiger partial charge in [-0.3, -0.25) is 0 Å². The van der Waals surface area contributed by atoms with Crippen molar-refractivity contribution in [1.29, 1.82) is 0 Å². The van der Waals surface area contributed by atoms with E-state index >= 15 is 0 Å². The predicted molar refractivity (Wildman–Crippen MR) is 83.1 cm³/mol. The van der Waals surface area contributed by atoms with Crippen LogP contribution < -0.4 is 0 Å². The molecule has 0 aromatic rings. The molecule has 0 aromatic carbocycles. The molecule has 1 N–H and O–H groups in total. The minimum atomic E-state index is -1.80. The van der Waals surface area contributed by atoms with E-state index in [9.17, 15) is 5.11 Å². The van der Waals surface area contributed by atoms with Crippen LogP contribution in [-0.4, -0.2) is 37.8 Å². The van der Waals surface area contributed by atoms with Crippen molar-refractivity contribution in [2.24, 2.45) is 0 Å². The Kier molecular flexibility index (Phi) is 5.47. The van der Waals surface area contributed by atoms with Gasteiger partial charge in [0.1, 0.15) is 11.2 Å². The molecule has 5 heteroatoms. The molecule has 0 amide bonds. The molecule has 1 fully saturated rings. The Balaban J connectivity index is 2.75. The Morgan fingerprint density at radius 3 is 1.95 bits per heavy atom. The molecule has 0 bridgehead atoms. The maximum atomic E-state index is 9.56. The van der Waals surface area contributed by atoms with E-state index in [0.717, 1.165) is 12.8 Å². The van der Waals surface area contributed by atoms with Crippen molar-refractivity contribution in [2.75, 3.05) is 13.2 Å². The van der Waals surface area contributed by atoms with E-state index in [2.05, 4.69) is 40.8 Å². The van der Waals surface area contributed by atoms with Crippen molar-refractivity contribution in [3.05, 3.63) is 0 Å². The second kappa shape index (κ2) is 6.05. The fourth-order valence-electron chi connectivity index (χ4n) is 2.09. The Morgan fingerprint density at radius 2 is 1.60 bits per heavy atom. The number of aliphatic hydroxyl groups excluding tert-OH is 1. The van der Waals surface area contributed by atoms with Gasteiger partial charge in [-0.2, -0.15) is 0 Å². The second-order valence-electron chi connectivity index (χ2n) is 7.62. The number of aliphatic hydroxyl groups is 1. The summed E-state index contributed by atoms with van der Waals surface area (Å²) in [6.45, 7) is 15.8. The molecule has 1 heterocycles. The first-order chi connectivity index (χ1) is 9.05. The topological polar surface area (TPSA) is 47.9 Å². The number of hydrogen-bond acceptors (Lipinski definition) is 4. The van der Waals surface area contributed by atoms with E-state index < -0.39 is 19.5 Å². The van der Waals surface area contributed by atoms with Crippen LogP contribution in [-0.2, 0) is 14.2 Å². The van der Waals surface area contributed by atoms with Crippen LogP contribution in [0.2, 0.25) is 18.1 Å². The normalized spacial score (nSPS) is 31.8. The highest BCUT2D eigenvalue weighted by Gasteiger charge is 2.51. The molecular formula is C15H32O4Si. The zero-order valence-electron chi connectivity index (χ0n) is 14.2. The average Bonchev–Trinajstić information content (AvgIpc) is 2.76. The van der Waals surface area contributed by atoms with E-state index in [4.69, 9.17) is 14.2 Å². The highest BCUT2D eigenvalue weighted by molar-refractivity contribution is 6.74. The third-order valence-electron chi connectivity index (χ3n) is 5.12. The van der Waals surface area contributed by atoms with Crippen LogP contribution in [0.1, 0.15) is 53.9 Å². The first-order valence-electron chi connectivity index (χ1n) is 7.67. The van der Waals surface area contributed by atoms with Gasteiger partial charge in [0.15, 0.2) is 8.32 Å². The predicted octanol–water partition coefficient (Wildman–Crippen LogP) is 3.65. The molecule has 0 radical (unpaired) electrons. The van der Waals surface area contributed by atoms with Crippen molar-refractivity contribution >= 4 is 8.32 Å². The summed E-state index contributed by atoms with van der Waals surface area (Å²) in [6, 6.07) is 0. The molecule has 0 aliphatic carbocycles. The fraction of sp³-hybridized carbons (Fsp3) is 1.00. The molecular weight excluding hydrogens is 272 g/mol. The first-order valence-corrected chi connectivity index (χ1v) is 10.6. The molecule has 0 spiro atoms. The minimum Gasteiger partial charge on any atom is -0.414 e. The van der Waals surface area contributed by atoms with E-state index in [1.165, 1.54) is 0 Å². The van der Waals surface area contributed by atoms with Gasteiger partial charge in [0, 0.05) is 6.42 Å². The molecule has 2 atom stereocenters. The lowest BCUT2D eigenvalue weighted by atomic mass is 9.85. The third-order valence-corrected chi connectivity index (χ3v) is 9.60. The molecule has 0 aromatic heterocycles. The van der Waals surface area contributed by atoms with Gasteiger partial charge in [-0.25, -0.2) is 9.78 Å². The Labute approximate surface area is 124 Å². The maximum absolute atomic E-state index is 9.56. The highest BCUT2D eigenvalue weighted by Crippen LogP contribution is 2.43. The molecule has 120 valence electrons. The van der Waals surface area contributed by atoms with Crippen LogP contribution in [0.25, 0.3) is 0 Å². The smallest absolute Gasteiger partial charge is 0.192 e. The summed E-state index contributed by atoms with van der Waals surface area (Å²) in [5.41, 5.74) is -0.985. The Morgan fingerprint density at radius 1 is 1.10 bits per heavy atom. The van der Waals surface area contributed by atoms with Gasteiger partial charge in [-0.15, -0.1) is 0 Å². The molecule has 1 saturated heterocycles. The molecule has 1 aliphatic rings. The molecule has 1 rings (SSSR count). The van der Waals surface area contributed by atoms with Crippen molar-refractivity contribution < 1.29 is 19.3 Å². The summed E-state index contributed by atoms with van der Waals surface area (Å²) < 4.78 is 6.31. The van der Waals surface area contributed by atoms with Crippen LogP contribution in [0.3, 0.4) is 0 Å². The van der Waals surface area contributed by atoms with Crippen LogP contribution in [0.5, 0.6) is 0 Å². The average molecular weight is 305 g/mol. The van der Waals surface area contributed by atoms with E-state index in [0.29, 0.717) is 13.0 Å². The van der Waals surface area contributed by atoms with Crippen LogP contribution in [0.4, 0.5) is 0 Å². The molecule has 1 aliphatic heterocycles. The zero-order chi connectivity index (χ0) is 15.7. The molecule has 0 saturated carbocycles. The quantitative estimate of drug-likeness (QED) is 0.601. The summed E-state index contributed by atoms with van der Waals surface area (Å²) in [7, 11) is -1.80. The first kappa shape index (κ1) is 18.1. The van der Waals surface area contributed by atoms with Gasteiger partial charge in [0.05, 0.1) is 13.2 Å². The summed E-state index contributed by atoms with van der Waals surface area (Å²) >= 11 is 0. The molecule has 0 unspecified atom stereocenters. The van der Waals surface area contributed by atoms with E-state index in [1.807, 2.05) is 6.92 Å². The lowest BCUT2D eigenvalue weighted by molar-refractivity contribution is -0.358. The van der Waals surface area contributed by atoms with Gasteiger partial charge in [-0.05, 0) is 31.0 Å². The Hall–Kier alpha value is 0.0569. The summed E-state index contributed by atoms with van der Waals surface area (Å²) in [5, 5.41) is 9.75. The molecule has 4 nitrogen and oxygen atoms in total. The lowest BCUT2D eigenvalue weighted by Gasteiger charge is -2.38. The fourth-order valence-corrected chi connectivity index (χ4v) is 3.15. The number of hydrogen-bond donors (Lipinski definition) is 1. The second-order valence-corrected chi connectivity index (χ2v) is 12.4.